The topological polar surface area (TPSA) is 46.9 Å². The number of hydrogen-bond donors (Lipinski definition) is 1. The molecule has 3 aromatic rings. The highest BCUT2D eigenvalue weighted by Crippen LogP contribution is 2.22. The van der Waals surface area contributed by atoms with E-state index in [9.17, 15) is 4.79 Å². The van der Waals surface area contributed by atoms with Gasteiger partial charge in [0.15, 0.2) is 0 Å². The lowest BCUT2D eigenvalue weighted by atomic mass is 10.1. The molecular weight excluding hydrogens is 394 g/mol. The monoisotopic (exact) mass is 425 g/mol. The minimum Gasteiger partial charge on any atom is -0.342 e. The molecule has 5 heteroatoms. The van der Waals surface area contributed by atoms with E-state index >= 15 is 0 Å². The number of nitrogens with one attached hydrogen (secondary N) is 1. The third kappa shape index (κ3) is 5.85. The fourth-order valence-electron chi connectivity index (χ4n) is 3.83. The number of benzene rings is 2. The molecule has 0 aliphatic rings. The summed E-state index contributed by atoms with van der Waals surface area (Å²) in [7, 11) is 0. The maximum atomic E-state index is 12.7. The Morgan fingerprint density at radius 3 is 2.40 bits per heavy atom. The maximum absolute atomic E-state index is 12.7. The molecule has 0 bridgehead atoms. The van der Waals surface area contributed by atoms with Gasteiger partial charge in [-0.1, -0.05) is 69.2 Å². The number of nitrogens with zero attached hydrogens (tertiary/aromatic N) is 2. The summed E-state index contributed by atoms with van der Waals surface area (Å²) in [6.07, 6.45) is 8.90. The summed E-state index contributed by atoms with van der Waals surface area (Å²) in [5, 5.41) is 3.71. The number of rotatable bonds is 11. The van der Waals surface area contributed by atoms with Crippen LogP contribution in [0.2, 0.25) is 5.02 Å². The number of para-hydroxylation sites is 2. The predicted octanol–water partition coefficient (Wildman–Crippen LogP) is 6.93. The van der Waals surface area contributed by atoms with E-state index < -0.39 is 0 Å². The summed E-state index contributed by atoms with van der Waals surface area (Å²) < 4.78 is 2.27. The fourth-order valence-corrected chi connectivity index (χ4v) is 3.96. The van der Waals surface area contributed by atoms with Gasteiger partial charge >= 0.3 is 0 Å². The van der Waals surface area contributed by atoms with E-state index in [0.29, 0.717) is 10.6 Å². The zero-order valence-corrected chi connectivity index (χ0v) is 18.8. The molecule has 1 N–H and O–H groups in total. The van der Waals surface area contributed by atoms with Crippen LogP contribution in [0.3, 0.4) is 0 Å². The van der Waals surface area contributed by atoms with E-state index in [1.807, 2.05) is 25.1 Å². The summed E-state index contributed by atoms with van der Waals surface area (Å²) in [5.74, 6) is 0.790. The normalized spacial score (nSPS) is 12.2. The van der Waals surface area contributed by atoms with Crippen LogP contribution in [-0.2, 0) is 6.54 Å². The number of aromatic nitrogens is 2. The molecule has 0 saturated carbocycles. The minimum atomic E-state index is -0.190. The Labute approximate surface area is 184 Å². The lowest BCUT2D eigenvalue weighted by molar-refractivity contribution is 0.0937. The Morgan fingerprint density at radius 2 is 1.67 bits per heavy atom. The predicted molar refractivity (Wildman–Crippen MR) is 125 cm³/mol. The molecule has 0 radical (unpaired) electrons. The van der Waals surface area contributed by atoms with Gasteiger partial charge in [-0.05, 0) is 49.7 Å². The van der Waals surface area contributed by atoms with Crippen molar-refractivity contribution in [3.8, 4) is 0 Å². The van der Waals surface area contributed by atoms with Gasteiger partial charge in [0.25, 0.3) is 5.91 Å². The first-order valence-corrected chi connectivity index (χ1v) is 11.5. The zero-order valence-electron chi connectivity index (χ0n) is 18.0. The molecule has 3 rings (SSSR count). The number of fused-ring (bicyclic) bond motifs is 1. The molecule has 2 aromatic carbocycles. The van der Waals surface area contributed by atoms with Gasteiger partial charge in [-0.15, -0.1) is 0 Å². The summed E-state index contributed by atoms with van der Waals surface area (Å²) in [6, 6.07) is 15.0. The van der Waals surface area contributed by atoms with Gasteiger partial charge in [0, 0.05) is 17.1 Å². The van der Waals surface area contributed by atoms with Crippen molar-refractivity contribution >= 4 is 28.5 Å². The van der Waals surface area contributed by atoms with Crippen molar-refractivity contribution in [1.82, 2.24) is 14.9 Å². The molecule has 1 aromatic heterocycles. The van der Waals surface area contributed by atoms with Crippen molar-refractivity contribution in [3.05, 3.63) is 64.9 Å². The van der Waals surface area contributed by atoms with Crippen molar-refractivity contribution in [2.75, 3.05) is 0 Å². The molecule has 30 heavy (non-hydrogen) atoms. The maximum Gasteiger partial charge on any atom is 0.251 e. The summed E-state index contributed by atoms with van der Waals surface area (Å²) in [4.78, 5) is 17.5. The van der Waals surface area contributed by atoms with Crippen molar-refractivity contribution in [2.45, 2.75) is 71.4 Å². The lowest BCUT2D eigenvalue weighted by Crippen LogP contribution is -2.28. The third-order valence-corrected chi connectivity index (χ3v) is 5.76. The lowest BCUT2D eigenvalue weighted by Gasteiger charge is -2.16. The van der Waals surface area contributed by atoms with E-state index in [-0.39, 0.29) is 11.9 Å². The van der Waals surface area contributed by atoms with E-state index in [4.69, 9.17) is 16.6 Å². The molecule has 1 amide bonds. The fraction of sp³-hybridized carbons (Fsp3) is 0.440. The Morgan fingerprint density at radius 1 is 1.00 bits per heavy atom. The summed E-state index contributed by atoms with van der Waals surface area (Å²) in [5.41, 5.74) is 2.70. The minimum absolute atomic E-state index is 0.117. The molecular formula is C25H32ClN3O. The second kappa shape index (κ2) is 11.2. The first-order chi connectivity index (χ1) is 14.6. The largest absolute Gasteiger partial charge is 0.342 e. The number of carbonyl (C=O) groups is 1. The first kappa shape index (κ1) is 22.4. The molecule has 0 spiro atoms. The van der Waals surface area contributed by atoms with Gasteiger partial charge in [-0.25, -0.2) is 4.98 Å². The number of aryl methyl sites for hydroxylation is 1. The van der Waals surface area contributed by atoms with E-state index in [1.165, 1.54) is 38.5 Å². The molecule has 160 valence electrons. The van der Waals surface area contributed by atoms with Gasteiger partial charge < -0.3 is 9.88 Å². The van der Waals surface area contributed by atoms with Crippen LogP contribution in [0, 0.1) is 0 Å². The van der Waals surface area contributed by atoms with Gasteiger partial charge in [-0.3, -0.25) is 4.79 Å². The molecule has 0 aliphatic heterocycles. The Hall–Kier alpha value is -2.33. The van der Waals surface area contributed by atoms with Gasteiger partial charge in [0.1, 0.15) is 5.82 Å². The van der Waals surface area contributed by atoms with Crippen LogP contribution in [0.5, 0.6) is 0 Å². The number of amides is 1. The smallest absolute Gasteiger partial charge is 0.251 e. The Bertz CT molecular complexity index is 949. The SMILES string of the molecule is CCCCCCCCCn1c(C(C)NC(=O)c2ccc(Cl)cc2)nc2ccccc21. The van der Waals surface area contributed by atoms with Gasteiger partial charge in [0.05, 0.1) is 17.1 Å². The van der Waals surface area contributed by atoms with Crippen molar-refractivity contribution in [2.24, 2.45) is 0 Å². The molecule has 1 atom stereocenters. The van der Waals surface area contributed by atoms with Crippen LogP contribution in [0.15, 0.2) is 48.5 Å². The molecule has 4 nitrogen and oxygen atoms in total. The van der Waals surface area contributed by atoms with E-state index in [0.717, 1.165) is 29.8 Å². The summed E-state index contributed by atoms with van der Waals surface area (Å²) in [6.45, 7) is 5.17. The Kier molecular flexibility index (Phi) is 8.32. The number of unbranched alkanes of at least 4 members (excludes halogenated alkanes) is 6. The number of halogens is 1. The average molecular weight is 426 g/mol. The standard InChI is InChI=1S/C25H32ClN3O/c1-3-4-5-6-7-8-11-18-29-23-13-10-9-12-22(23)28-24(29)19(2)27-25(30)20-14-16-21(26)17-15-20/h9-10,12-17,19H,3-8,11,18H2,1-2H3,(H,27,30). The number of hydrogen-bond acceptors (Lipinski definition) is 2. The van der Waals surface area contributed by atoms with Crippen LogP contribution in [0.25, 0.3) is 11.0 Å². The molecule has 1 heterocycles. The van der Waals surface area contributed by atoms with Crippen molar-refractivity contribution in [1.29, 1.82) is 0 Å². The van der Waals surface area contributed by atoms with Crippen molar-refractivity contribution in [3.63, 3.8) is 0 Å². The average Bonchev–Trinajstić information content (AvgIpc) is 3.12. The molecule has 0 saturated heterocycles. The zero-order chi connectivity index (χ0) is 21.3. The molecule has 0 fully saturated rings. The van der Waals surface area contributed by atoms with E-state index in [1.54, 1.807) is 24.3 Å². The molecule has 0 aliphatic carbocycles. The van der Waals surface area contributed by atoms with E-state index in [2.05, 4.69) is 22.9 Å². The number of imidazole rings is 1. The second-order valence-corrected chi connectivity index (χ2v) is 8.37. The number of carbonyl (C=O) groups excluding carboxylic acids is 1. The van der Waals surface area contributed by atoms with Crippen LogP contribution in [0.4, 0.5) is 0 Å². The summed E-state index contributed by atoms with van der Waals surface area (Å²) >= 11 is 5.93. The highest BCUT2D eigenvalue weighted by molar-refractivity contribution is 6.30. The van der Waals surface area contributed by atoms with Crippen LogP contribution >= 0.6 is 11.6 Å². The van der Waals surface area contributed by atoms with Crippen LogP contribution < -0.4 is 5.32 Å². The van der Waals surface area contributed by atoms with Crippen LogP contribution in [-0.4, -0.2) is 15.5 Å². The highest BCUT2D eigenvalue weighted by atomic mass is 35.5. The first-order valence-electron chi connectivity index (χ1n) is 11.1. The van der Waals surface area contributed by atoms with Crippen molar-refractivity contribution < 1.29 is 4.79 Å². The Balaban J connectivity index is 1.68. The second-order valence-electron chi connectivity index (χ2n) is 7.93. The highest BCUT2D eigenvalue weighted by Gasteiger charge is 2.19. The van der Waals surface area contributed by atoms with Crippen LogP contribution in [0.1, 0.15) is 81.0 Å². The van der Waals surface area contributed by atoms with Gasteiger partial charge in [-0.2, -0.15) is 0 Å². The third-order valence-electron chi connectivity index (χ3n) is 5.51. The van der Waals surface area contributed by atoms with Gasteiger partial charge in [0.2, 0.25) is 0 Å². The molecule has 1 unspecified atom stereocenters. The quantitative estimate of drug-likeness (QED) is 0.338.